The lowest BCUT2D eigenvalue weighted by Crippen LogP contribution is -2.05. The van der Waals surface area contributed by atoms with Crippen LogP contribution in [0.2, 0.25) is 0 Å². The van der Waals surface area contributed by atoms with Crippen molar-refractivity contribution in [2.24, 2.45) is 0 Å². The van der Waals surface area contributed by atoms with E-state index in [1.807, 2.05) is 13.0 Å². The molecule has 0 aliphatic carbocycles. The molecule has 84 valence electrons. The summed E-state index contributed by atoms with van der Waals surface area (Å²) in [4.78, 5) is 0. The Bertz CT molecular complexity index is 468. The minimum atomic E-state index is -0.857. The molecule has 0 amide bonds. The van der Waals surface area contributed by atoms with E-state index < -0.39 is 11.6 Å². The predicted octanol–water partition coefficient (Wildman–Crippen LogP) is 3.73. The van der Waals surface area contributed by atoms with E-state index in [2.05, 4.69) is 5.32 Å². The summed E-state index contributed by atoms with van der Waals surface area (Å²) in [6.07, 6.45) is 3.18. The molecule has 0 saturated carbocycles. The van der Waals surface area contributed by atoms with Crippen LogP contribution in [-0.2, 0) is 0 Å². The van der Waals surface area contributed by atoms with Gasteiger partial charge in [-0.2, -0.15) is 0 Å². The molecule has 0 fully saturated rings. The summed E-state index contributed by atoms with van der Waals surface area (Å²) in [7, 11) is 0. The number of hydrogen-bond acceptors (Lipinski definition) is 2. The lowest BCUT2D eigenvalue weighted by atomic mass is 10.1. The van der Waals surface area contributed by atoms with Crippen LogP contribution in [0.25, 0.3) is 0 Å². The lowest BCUT2D eigenvalue weighted by molar-refractivity contribution is 0.509. The molecule has 2 nitrogen and oxygen atoms in total. The maximum Gasteiger partial charge on any atom is 0.160 e. The largest absolute Gasteiger partial charge is 0.472 e. The smallest absolute Gasteiger partial charge is 0.160 e. The van der Waals surface area contributed by atoms with Crippen molar-refractivity contribution in [1.82, 2.24) is 0 Å². The minimum absolute atomic E-state index is 0.0244. The maximum absolute atomic E-state index is 12.9. The predicted molar refractivity (Wildman–Crippen MR) is 57.1 cm³/mol. The summed E-state index contributed by atoms with van der Waals surface area (Å²) in [6, 6.07) is 5.52. The fourth-order valence-corrected chi connectivity index (χ4v) is 1.44. The quantitative estimate of drug-likeness (QED) is 0.857. The van der Waals surface area contributed by atoms with E-state index >= 15 is 0 Å². The Labute approximate surface area is 91.9 Å². The van der Waals surface area contributed by atoms with Crippen molar-refractivity contribution < 1.29 is 13.2 Å². The van der Waals surface area contributed by atoms with Gasteiger partial charge in [0.25, 0.3) is 0 Å². The number of anilines is 1. The maximum atomic E-state index is 12.9. The number of halogens is 2. The summed E-state index contributed by atoms with van der Waals surface area (Å²) >= 11 is 0. The second-order valence-electron chi connectivity index (χ2n) is 3.55. The van der Waals surface area contributed by atoms with Gasteiger partial charge in [0.05, 0.1) is 18.6 Å². The van der Waals surface area contributed by atoms with Crippen LogP contribution in [0.3, 0.4) is 0 Å². The average Bonchev–Trinajstić information content (AvgIpc) is 2.77. The second-order valence-corrected chi connectivity index (χ2v) is 3.55. The van der Waals surface area contributed by atoms with Crippen molar-refractivity contribution in [1.29, 1.82) is 0 Å². The molecule has 1 N–H and O–H groups in total. The van der Waals surface area contributed by atoms with Crippen molar-refractivity contribution in [2.45, 2.75) is 13.0 Å². The minimum Gasteiger partial charge on any atom is -0.472 e. The number of rotatable bonds is 3. The third kappa shape index (κ3) is 2.21. The molecule has 1 aromatic heterocycles. The first-order valence-electron chi connectivity index (χ1n) is 4.90. The SMILES string of the molecule is CC(Nc1ccc(F)c(F)c1)c1ccoc1. The Kier molecular flexibility index (Phi) is 2.90. The van der Waals surface area contributed by atoms with Crippen molar-refractivity contribution in [3.63, 3.8) is 0 Å². The lowest BCUT2D eigenvalue weighted by Gasteiger charge is -2.13. The highest BCUT2D eigenvalue weighted by atomic mass is 19.2. The normalized spacial score (nSPS) is 12.4. The van der Waals surface area contributed by atoms with Crippen LogP contribution in [0, 0.1) is 11.6 Å². The topological polar surface area (TPSA) is 25.2 Å². The van der Waals surface area contributed by atoms with Gasteiger partial charge < -0.3 is 9.73 Å². The van der Waals surface area contributed by atoms with Gasteiger partial charge in [0, 0.05) is 17.3 Å². The summed E-state index contributed by atoms with van der Waals surface area (Å²) < 4.78 is 30.6. The van der Waals surface area contributed by atoms with E-state index in [1.54, 1.807) is 12.5 Å². The van der Waals surface area contributed by atoms with E-state index in [0.29, 0.717) is 5.69 Å². The molecule has 2 aromatic rings. The number of furan rings is 1. The van der Waals surface area contributed by atoms with Crippen LogP contribution in [0.15, 0.2) is 41.2 Å². The number of benzene rings is 1. The molecule has 0 saturated heterocycles. The molecule has 4 heteroatoms. The van der Waals surface area contributed by atoms with Crippen molar-refractivity contribution in [3.05, 3.63) is 54.0 Å². The van der Waals surface area contributed by atoms with Gasteiger partial charge in [-0.25, -0.2) is 8.78 Å². The highest BCUT2D eigenvalue weighted by Crippen LogP contribution is 2.20. The highest BCUT2D eigenvalue weighted by molar-refractivity contribution is 5.45. The van der Waals surface area contributed by atoms with Gasteiger partial charge in [-0.3, -0.25) is 0 Å². The molecular weight excluding hydrogens is 212 g/mol. The number of hydrogen-bond donors (Lipinski definition) is 1. The molecule has 1 unspecified atom stereocenters. The first-order chi connectivity index (χ1) is 7.66. The first kappa shape index (κ1) is 10.7. The standard InChI is InChI=1S/C12H11F2NO/c1-8(9-4-5-16-7-9)15-10-2-3-11(13)12(14)6-10/h2-8,15H,1H3. The Morgan fingerprint density at radius 3 is 2.62 bits per heavy atom. The first-order valence-corrected chi connectivity index (χ1v) is 4.90. The molecule has 0 aliphatic rings. The Balaban J connectivity index is 2.12. The molecular formula is C12H11F2NO. The van der Waals surface area contributed by atoms with Crippen LogP contribution in [0.4, 0.5) is 14.5 Å². The summed E-state index contributed by atoms with van der Waals surface area (Å²) in [5.74, 6) is -1.70. The second kappa shape index (κ2) is 4.35. The van der Waals surface area contributed by atoms with Gasteiger partial charge in [-0.15, -0.1) is 0 Å². The fraction of sp³-hybridized carbons (Fsp3) is 0.167. The van der Waals surface area contributed by atoms with Gasteiger partial charge in [0.15, 0.2) is 11.6 Å². The Morgan fingerprint density at radius 2 is 2.00 bits per heavy atom. The van der Waals surface area contributed by atoms with Crippen LogP contribution >= 0.6 is 0 Å². The van der Waals surface area contributed by atoms with Gasteiger partial charge >= 0.3 is 0 Å². The zero-order chi connectivity index (χ0) is 11.5. The molecule has 1 heterocycles. The molecule has 0 bridgehead atoms. The van der Waals surface area contributed by atoms with E-state index in [9.17, 15) is 8.78 Å². The van der Waals surface area contributed by atoms with Crippen LogP contribution in [-0.4, -0.2) is 0 Å². The van der Waals surface area contributed by atoms with Crippen molar-refractivity contribution in [2.75, 3.05) is 5.32 Å². The van der Waals surface area contributed by atoms with E-state index in [-0.39, 0.29) is 6.04 Å². The number of nitrogens with one attached hydrogen (secondary N) is 1. The van der Waals surface area contributed by atoms with Crippen LogP contribution in [0.5, 0.6) is 0 Å². The zero-order valence-electron chi connectivity index (χ0n) is 8.71. The van der Waals surface area contributed by atoms with Crippen molar-refractivity contribution in [3.8, 4) is 0 Å². The molecule has 1 atom stereocenters. The van der Waals surface area contributed by atoms with Crippen LogP contribution < -0.4 is 5.32 Å². The molecule has 0 spiro atoms. The summed E-state index contributed by atoms with van der Waals surface area (Å²) in [5.41, 5.74) is 1.48. The molecule has 0 aliphatic heterocycles. The van der Waals surface area contributed by atoms with E-state index in [1.165, 1.54) is 6.07 Å². The molecule has 0 radical (unpaired) electrons. The highest BCUT2D eigenvalue weighted by Gasteiger charge is 2.08. The third-order valence-electron chi connectivity index (χ3n) is 2.35. The monoisotopic (exact) mass is 223 g/mol. The van der Waals surface area contributed by atoms with Gasteiger partial charge in [-0.1, -0.05) is 0 Å². The van der Waals surface area contributed by atoms with Crippen molar-refractivity contribution >= 4 is 5.69 Å². The van der Waals surface area contributed by atoms with Gasteiger partial charge in [-0.05, 0) is 25.1 Å². The Hall–Kier alpha value is -1.84. The molecule has 16 heavy (non-hydrogen) atoms. The zero-order valence-corrected chi connectivity index (χ0v) is 8.71. The fourth-order valence-electron chi connectivity index (χ4n) is 1.44. The average molecular weight is 223 g/mol. The molecule has 1 aromatic carbocycles. The third-order valence-corrected chi connectivity index (χ3v) is 2.35. The summed E-state index contributed by atoms with van der Waals surface area (Å²) in [5, 5.41) is 3.05. The van der Waals surface area contributed by atoms with E-state index in [0.717, 1.165) is 17.7 Å². The van der Waals surface area contributed by atoms with Gasteiger partial charge in [0.1, 0.15) is 0 Å². The van der Waals surface area contributed by atoms with Crippen LogP contribution in [0.1, 0.15) is 18.5 Å². The van der Waals surface area contributed by atoms with Gasteiger partial charge in [0.2, 0.25) is 0 Å². The summed E-state index contributed by atoms with van der Waals surface area (Å²) in [6.45, 7) is 1.91. The van der Waals surface area contributed by atoms with E-state index in [4.69, 9.17) is 4.42 Å². The Morgan fingerprint density at radius 1 is 1.19 bits per heavy atom. The molecule has 2 rings (SSSR count).